The van der Waals surface area contributed by atoms with E-state index in [0.717, 1.165) is 25.2 Å². The van der Waals surface area contributed by atoms with Gasteiger partial charge in [0.15, 0.2) is 0 Å². The fourth-order valence-electron chi connectivity index (χ4n) is 2.28. The first kappa shape index (κ1) is 14.9. The summed E-state index contributed by atoms with van der Waals surface area (Å²) in [6.07, 6.45) is 5.76. The van der Waals surface area contributed by atoms with Crippen LogP contribution in [-0.2, 0) is 14.8 Å². The lowest BCUT2D eigenvalue weighted by Crippen LogP contribution is -2.28. The molecule has 5 heteroatoms. The predicted molar refractivity (Wildman–Crippen MR) is 69.1 cm³/mol. The van der Waals surface area contributed by atoms with E-state index in [1.165, 1.54) is 12.8 Å². The van der Waals surface area contributed by atoms with Crippen molar-refractivity contribution < 1.29 is 13.2 Å². The highest BCUT2D eigenvalue weighted by Crippen LogP contribution is 2.26. The standard InChI is InChI=1S/C12H25NO3S/c1-3-11(9-17(13,14)15)8-16-12-6-4-10(2)5-7-12/h10-12H,3-9H2,1-2H3,(H2,13,14,15). The van der Waals surface area contributed by atoms with Crippen LogP contribution in [0, 0.1) is 11.8 Å². The number of hydrogen-bond acceptors (Lipinski definition) is 3. The van der Waals surface area contributed by atoms with Gasteiger partial charge >= 0.3 is 0 Å². The van der Waals surface area contributed by atoms with Gasteiger partial charge in [0.1, 0.15) is 0 Å². The van der Waals surface area contributed by atoms with Crippen LogP contribution in [-0.4, -0.2) is 26.9 Å². The molecule has 1 aliphatic rings. The van der Waals surface area contributed by atoms with E-state index in [0.29, 0.717) is 12.7 Å². The minimum Gasteiger partial charge on any atom is -0.378 e. The van der Waals surface area contributed by atoms with Gasteiger partial charge in [-0.2, -0.15) is 0 Å². The molecule has 17 heavy (non-hydrogen) atoms. The second-order valence-corrected chi connectivity index (χ2v) is 6.98. The first-order chi connectivity index (χ1) is 7.90. The summed E-state index contributed by atoms with van der Waals surface area (Å²) >= 11 is 0. The molecule has 1 aliphatic carbocycles. The number of sulfonamides is 1. The zero-order valence-corrected chi connectivity index (χ0v) is 11.7. The van der Waals surface area contributed by atoms with Crippen LogP contribution in [0.3, 0.4) is 0 Å². The molecule has 0 bridgehead atoms. The molecule has 1 saturated carbocycles. The number of primary sulfonamides is 1. The van der Waals surface area contributed by atoms with Crippen molar-refractivity contribution in [3.05, 3.63) is 0 Å². The van der Waals surface area contributed by atoms with Gasteiger partial charge in [0.05, 0.1) is 18.5 Å². The van der Waals surface area contributed by atoms with Crippen molar-refractivity contribution in [2.45, 2.75) is 52.1 Å². The first-order valence-corrected chi connectivity index (χ1v) is 8.24. The minimum absolute atomic E-state index is 0.0318. The van der Waals surface area contributed by atoms with Crippen LogP contribution in [0.1, 0.15) is 46.0 Å². The summed E-state index contributed by atoms with van der Waals surface area (Å²) < 4.78 is 27.8. The normalized spacial score (nSPS) is 27.9. The maximum atomic E-state index is 11.0. The topological polar surface area (TPSA) is 69.4 Å². The van der Waals surface area contributed by atoms with E-state index in [1.54, 1.807) is 0 Å². The van der Waals surface area contributed by atoms with Gasteiger partial charge in [0, 0.05) is 0 Å². The summed E-state index contributed by atoms with van der Waals surface area (Å²) in [4.78, 5) is 0. The fourth-order valence-corrected chi connectivity index (χ4v) is 3.27. The summed E-state index contributed by atoms with van der Waals surface area (Å²) in [5.41, 5.74) is 0. The Hall–Kier alpha value is -0.130. The SMILES string of the molecule is CCC(COC1CCC(C)CC1)CS(N)(=O)=O. The molecule has 0 aromatic rings. The van der Waals surface area contributed by atoms with Crippen LogP contribution >= 0.6 is 0 Å². The quantitative estimate of drug-likeness (QED) is 0.795. The Morgan fingerprint density at radius 1 is 1.29 bits per heavy atom. The third-order valence-electron chi connectivity index (χ3n) is 3.58. The van der Waals surface area contributed by atoms with Crippen molar-refractivity contribution in [2.24, 2.45) is 17.0 Å². The minimum atomic E-state index is -3.38. The third kappa shape index (κ3) is 6.38. The highest BCUT2D eigenvalue weighted by molar-refractivity contribution is 7.89. The lowest BCUT2D eigenvalue weighted by Gasteiger charge is -2.27. The number of nitrogens with two attached hydrogens (primary N) is 1. The predicted octanol–water partition coefficient (Wildman–Crippen LogP) is 1.90. The molecular formula is C12H25NO3S. The third-order valence-corrected chi connectivity index (χ3v) is 4.51. The Morgan fingerprint density at radius 2 is 1.88 bits per heavy atom. The summed E-state index contributed by atoms with van der Waals surface area (Å²) in [6.45, 7) is 4.76. The number of rotatable bonds is 6. The molecule has 1 unspecified atom stereocenters. The van der Waals surface area contributed by atoms with E-state index in [4.69, 9.17) is 9.88 Å². The molecule has 0 aromatic heterocycles. The summed E-state index contributed by atoms with van der Waals surface area (Å²) in [7, 11) is -3.38. The molecule has 2 N–H and O–H groups in total. The fraction of sp³-hybridized carbons (Fsp3) is 1.00. The molecule has 0 amide bonds. The van der Waals surface area contributed by atoms with E-state index < -0.39 is 10.0 Å². The first-order valence-electron chi connectivity index (χ1n) is 6.52. The highest BCUT2D eigenvalue weighted by atomic mass is 32.2. The van der Waals surface area contributed by atoms with Crippen molar-refractivity contribution in [2.75, 3.05) is 12.4 Å². The maximum absolute atomic E-state index is 11.0. The Morgan fingerprint density at radius 3 is 2.35 bits per heavy atom. The Labute approximate surface area is 105 Å². The lowest BCUT2D eigenvalue weighted by atomic mass is 9.89. The van der Waals surface area contributed by atoms with E-state index in [1.807, 2.05) is 6.92 Å². The van der Waals surface area contributed by atoms with Gasteiger partial charge in [-0.3, -0.25) is 0 Å². The monoisotopic (exact) mass is 263 g/mol. The highest BCUT2D eigenvalue weighted by Gasteiger charge is 2.21. The van der Waals surface area contributed by atoms with Crippen molar-refractivity contribution in [3.63, 3.8) is 0 Å². The molecule has 102 valence electrons. The summed E-state index contributed by atoms with van der Waals surface area (Å²) in [5, 5.41) is 5.06. The maximum Gasteiger partial charge on any atom is 0.209 e. The van der Waals surface area contributed by atoms with Gasteiger partial charge in [-0.1, -0.05) is 20.3 Å². The molecule has 0 heterocycles. The molecule has 0 spiro atoms. The Bertz CT molecular complexity index is 308. The summed E-state index contributed by atoms with van der Waals surface area (Å²) in [6, 6.07) is 0. The Kier molecular flexibility index (Phi) is 5.89. The van der Waals surface area contributed by atoms with Gasteiger partial charge in [-0.25, -0.2) is 13.6 Å². The van der Waals surface area contributed by atoms with Crippen LogP contribution < -0.4 is 5.14 Å². The van der Waals surface area contributed by atoms with Crippen LogP contribution in [0.4, 0.5) is 0 Å². The molecule has 0 radical (unpaired) electrons. The molecule has 0 aromatic carbocycles. The van der Waals surface area contributed by atoms with Gasteiger partial charge in [-0.15, -0.1) is 0 Å². The molecule has 0 saturated heterocycles. The molecule has 1 rings (SSSR count). The van der Waals surface area contributed by atoms with Gasteiger partial charge in [-0.05, 0) is 37.5 Å². The average molecular weight is 263 g/mol. The van der Waals surface area contributed by atoms with E-state index in [2.05, 4.69) is 6.92 Å². The molecule has 1 atom stereocenters. The van der Waals surface area contributed by atoms with E-state index in [-0.39, 0.29) is 11.7 Å². The number of hydrogen-bond donors (Lipinski definition) is 1. The lowest BCUT2D eigenvalue weighted by molar-refractivity contribution is 0.00342. The zero-order valence-electron chi connectivity index (χ0n) is 10.9. The van der Waals surface area contributed by atoms with Gasteiger partial charge in [0.25, 0.3) is 0 Å². The van der Waals surface area contributed by atoms with E-state index >= 15 is 0 Å². The van der Waals surface area contributed by atoms with Crippen LogP contribution in [0.2, 0.25) is 0 Å². The van der Waals surface area contributed by atoms with Crippen molar-refractivity contribution in [3.8, 4) is 0 Å². The van der Waals surface area contributed by atoms with Crippen molar-refractivity contribution >= 4 is 10.0 Å². The second-order valence-electron chi connectivity index (χ2n) is 5.32. The smallest absolute Gasteiger partial charge is 0.209 e. The largest absolute Gasteiger partial charge is 0.378 e. The Balaban J connectivity index is 2.28. The summed E-state index contributed by atoms with van der Waals surface area (Å²) in [5.74, 6) is 0.873. The molecule has 0 aliphatic heterocycles. The molecule has 4 nitrogen and oxygen atoms in total. The second kappa shape index (κ2) is 6.71. The van der Waals surface area contributed by atoms with Crippen LogP contribution in [0.25, 0.3) is 0 Å². The molecular weight excluding hydrogens is 238 g/mol. The number of ether oxygens (including phenoxy) is 1. The van der Waals surface area contributed by atoms with Crippen LogP contribution in [0.5, 0.6) is 0 Å². The van der Waals surface area contributed by atoms with Crippen molar-refractivity contribution in [1.29, 1.82) is 0 Å². The van der Waals surface area contributed by atoms with Crippen LogP contribution in [0.15, 0.2) is 0 Å². The zero-order chi connectivity index (χ0) is 12.9. The van der Waals surface area contributed by atoms with E-state index in [9.17, 15) is 8.42 Å². The van der Waals surface area contributed by atoms with Gasteiger partial charge < -0.3 is 4.74 Å². The molecule has 1 fully saturated rings. The average Bonchev–Trinajstić information content (AvgIpc) is 2.25. The van der Waals surface area contributed by atoms with Gasteiger partial charge in [0.2, 0.25) is 10.0 Å². The van der Waals surface area contributed by atoms with Crippen molar-refractivity contribution in [1.82, 2.24) is 0 Å².